The van der Waals surface area contributed by atoms with E-state index in [0.717, 1.165) is 43.9 Å². The zero-order chi connectivity index (χ0) is 27.4. The predicted molar refractivity (Wildman–Crippen MR) is 130 cm³/mol. The van der Waals surface area contributed by atoms with Gasteiger partial charge in [-0.3, -0.25) is 0 Å². The van der Waals surface area contributed by atoms with E-state index in [1.165, 1.54) is 6.42 Å². The highest BCUT2D eigenvalue weighted by molar-refractivity contribution is 5.64. The summed E-state index contributed by atoms with van der Waals surface area (Å²) in [6, 6.07) is 9.05. The van der Waals surface area contributed by atoms with E-state index in [9.17, 15) is 26.3 Å². The SMILES string of the molecule is CCCCCC1COC(c2ccc(-c3cc(F)c(C(F)(F)Oc4cc(F)c(C)c(F)c4)c(F)c3)cc2)OC1. The zero-order valence-electron chi connectivity index (χ0n) is 21.0. The Kier molecular flexibility index (Phi) is 8.67. The Morgan fingerprint density at radius 1 is 0.816 bits per heavy atom. The van der Waals surface area contributed by atoms with E-state index in [2.05, 4.69) is 11.7 Å². The van der Waals surface area contributed by atoms with Crippen molar-refractivity contribution in [3.63, 3.8) is 0 Å². The Morgan fingerprint density at radius 2 is 1.39 bits per heavy atom. The Balaban J connectivity index is 1.47. The molecule has 0 spiro atoms. The van der Waals surface area contributed by atoms with Crippen LogP contribution in [0.2, 0.25) is 0 Å². The molecular formula is C29H28F6O3. The summed E-state index contributed by atoms with van der Waals surface area (Å²) in [7, 11) is 0. The molecule has 0 bridgehead atoms. The van der Waals surface area contributed by atoms with Gasteiger partial charge in [-0.05, 0) is 36.6 Å². The van der Waals surface area contributed by atoms with Crippen molar-refractivity contribution in [3.05, 3.63) is 88.5 Å². The lowest BCUT2D eigenvalue weighted by atomic mass is 10.00. The van der Waals surface area contributed by atoms with Gasteiger partial charge < -0.3 is 14.2 Å². The lowest BCUT2D eigenvalue weighted by Gasteiger charge is -2.29. The van der Waals surface area contributed by atoms with Crippen LogP contribution in [0, 0.1) is 36.1 Å². The van der Waals surface area contributed by atoms with Crippen molar-refractivity contribution in [1.29, 1.82) is 0 Å². The molecule has 0 N–H and O–H groups in total. The Bertz CT molecular complexity index is 1210. The molecule has 3 nitrogen and oxygen atoms in total. The van der Waals surface area contributed by atoms with Crippen LogP contribution in [-0.4, -0.2) is 13.2 Å². The van der Waals surface area contributed by atoms with E-state index in [1.54, 1.807) is 24.3 Å². The fraction of sp³-hybridized carbons (Fsp3) is 0.379. The molecule has 1 heterocycles. The van der Waals surface area contributed by atoms with Crippen LogP contribution in [0.4, 0.5) is 26.3 Å². The lowest BCUT2D eigenvalue weighted by molar-refractivity contribution is -0.206. The van der Waals surface area contributed by atoms with E-state index in [-0.39, 0.29) is 5.56 Å². The minimum atomic E-state index is -4.53. The second kappa shape index (κ2) is 11.8. The minimum Gasteiger partial charge on any atom is -0.429 e. The summed E-state index contributed by atoms with van der Waals surface area (Å²) in [5.41, 5.74) is -0.965. The molecule has 4 rings (SSSR count). The third-order valence-corrected chi connectivity index (χ3v) is 6.53. The minimum absolute atomic E-state index is 0.0139. The number of benzene rings is 3. The largest absolute Gasteiger partial charge is 0.432 e. The highest BCUT2D eigenvalue weighted by Gasteiger charge is 2.41. The molecule has 0 atom stereocenters. The van der Waals surface area contributed by atoms with Crippen molar-refractivity contribution >= 4 is 0 Å². The predicted octanol–water partition coefficient (Wildman–Crippen LogP) is 8.59. The van der Waals surface area contributed by atoms with E-state index in [1.807, 2.05) is 0 Å². The van der Waals surface area contributed by atoms with Gasteiger partial charge in [0.05, 0.1) is 13.2 Å². The highest BCUT2D eigenvalue weighted by Crippen LogP contribution is 2.38. The maximum absolute atomic E-state index is 14.7. The molecule has 38 heavy (non-hydrogen) atoms. The van der Waals surface area contributed by atoms with Crippen LogP contribution in [0.25, 0.3) is 11.1 Å². The van der Waals surface area contributed by atoms with Crippen LogP contribution in [0.3, 0.4) is 0 Å². The first-order valence-corrected chi connectivity index (χ1v) is 12.4. The van der Waals surface area contributed by atoms with Crippen LogP contribution < -0.4 is 4.74 Å². The van der Waals surface area contributed by atoms with Gasteiger partial charge >= 0.3 is 6.11 Å². The monoisotopic (exact) mass is 538 g/mol. The summed E-state index contributed by atoms with van der Waals surface area (Å²) in [4.78, 5) is 0. The first-order chi connectivity index (χ1) is 18.1. The van der Waals surface area contributed by atoms with Crippen molar-refractivity contribution in [1.82, 2.24) is 0 Å². The van der Waals surface area contributed by atoms with Crippen molar-refractivity contribution in [2.45, 2.75) is 51.9 Å². The van der Waals surface area contributed by atoms with Gasteiger partial charge in [0.25, 0.3) is 0 Å². The number of hydrogen-bond donors (Lipinski definition) is 0. The molecule has 0 unspecified atom stereocenters. The summed E-state index contributed by atoms with van der Waals surface area (Å²) in [5.74, 6) is -5.98. The molecule has 1 aliphatic rings. The van der Waals surface area contributed by atoms with Gasteiger partial charge in [-0.25, -0.2) is 17.6 Å². The van der Waals surface area contributed by atoms with Gasteiger partial charge in [-0.1, -0.05) is 50.5 Å². The van der Waals surface area contributed by atoms with E-state index in [4.69, 9.17) is 9.47 Å². The summed E-state index contributed by atoms with van der Waals surface area (Å²) < 4.78 is 102. The number of halogens is 6. The standard InChI is InChI=1S/C29H28F6O3/c1-3-4-5-6-18-15-36-28(37-16-18)20-9-7-19(8-10-20)21-11-25(32)27(26(33)12-21)29(34,35)38-22-13-23(30)17(2)24(31)14-22/h7-14,18,28H,3-6,15-16H2,1-2H3. The van der Waals surface area contributed by atoms with Gasteiger partial charge in [0.15, 0.2) is 6.29 Å². The Hall–Kier alpha value is -3.04. The van der Waals surface area contributed by atoms with Gasteiger partial charge in [0.1, 0.15) is 34.6 Å². The molecule has 1 aliphatic heterocycles. The van der Waals surface area contributed by atoms with Crippen molar-refractivity contribution in [2.24, 2.45) is 5.92 Å². The second-order valence-electron chi connectivity index (χ2n) is 9.43. The number of hydrogen-bond acceptors (Lipinski definition) is 3. The van der Waals surface area contributed by atoms with Crippen LogP contribution in [0.5, 0.6) is 5.75 Å². The van der Waals surface area contributed by atoms with Gasteiger partial charge in [0, 0.05) is 29.2 Å². The molecule has 3 aromatic carbocycles. The molecule has 1 saturated heterocycles. The average molecular weight is 539 g/mol. The summed E-state index contributed by atoms with van der Waals surface area (Å²) in [6.07, 6.45) is -0.619. The van der Waals surface area contributed by atoms with Crippen molar-refractivity contribution in [2.75, 3.05) is 13.2 Å². The van der Waals surface area contributed by atoms with Crippen LogP contribution in [0.1, 0.15) is 55.6 Å². The van der Waals surface area contributed by atoms with Crippen molar-refractivity contribution in [3.8, 4) is 16.9 Å². The molecule has 0 radical (unpaired) electrons. The second-order valence-corrected chi connectivity index (χ2v) is 9.43. The maximum atomic E-state index is 14.7. The van der Waals surface area contributed by atoms with Crippen LogP contribution >= 0.6 is 0 Å². The smallest absolute Gasteiger partial charge is 0.429 e. The van der Waals surface area contributed by atoms with Gasteiger partial charge in [0.2, 0.25) is 0 Å². The first-order valence-electron chi connectivity index (χ1n) is 12.4. The molecule has 0 aliphatic carbocycles. The Morgan fingerprint density at radius 3 is 1.95 bits per heavy atom. The molecule has 0 saturated carbocycles. The zero-order valence-corrected chi connectivity index (χ0v) is 21.0. The third kappa shape index (κ3) is 6.32. The molecule has 9 heteroatoms. The normalized spacial score (nSPS) is 18.0. The molecule has 0 aromatic heterocycles. The Labute approximate surface area is 217 Å². The number of alkyl halides is 2. The molecule has 3 aromatic rings. The molecule has 204 valence electrons. The van der Waals surface area contributed by atoms with E-state index < -0.39 is 52.5 Å². The first kappa shape index (κ1) is 28.0. The fourth-order valence-electron chi connectivity index (χ4n) is 4.32. The number of ether oxygens (including phenoxy) is 3. The topological polar surface area (TPSA) is 27.7 Å². The van der Waals surface area contributed by atoms with Crippen LogP contribution in [0.15, 0.2) is 48.5 Å². The number of unbranched alkanes of at least 4 members (excludes halogenated alkanes) is 2. The third-order valence-electron chi connectivity index (χ3n) is 6.53. The van der Waals surface area contributed by atoms with E-state index >= 15 is 0 Å². The molecule has 1 fully saturated rings. The number of rotatable bonds is 9. The molecule has 0 amide bonds. The average Bonchev–Trinajstić information content (AvgIpc) is 2.87. The summed E-state index contributed by atoms with van der Waals surface area (Å²) in [5, 5.41) is 0. The van der Waals surface area contributed by atoms with Gasteiger partial charge in [-0.15, -0.1) is 0 Å². The maximum Gasteiger partial charge on any atom is 0.432 e. The van der Waals surface area contributed by atoms with Gasteiger partial charge in [-0.2, -0.15) is 8.78 Å². The quantitative estimate of drug-likeness (QED) is 0.202. The van der Waals surface area contributed by atoms with E-state index in [0.29, 0.717) is 36.8 Å². The van der Waals surface area contributed by atoms with Crippen LogP contribution in [-0.2, 0) is 15.6 Å². The summed E-state index contributed by atoms with van der Waals surface area (Å²) in [6.45, 7) is 4.41. The lowest BCUT2D eigenvalue weighted by Crippen LogP contribution is -2.27. The highest BCUT2D eigenvalue weighted by atomic mass is 19.3. The van der Waals surface area contributed by atoms with Crippen molar-refractivity contribution < 1.29 is 40.6 Å². The summed E-state index contributed by atoms with van der Waals surface area (Å²) >= 11 is 0. The fourth-order valence-corrected chi connectivity index (χ4v) is 4.32. The molecular weight excluding hydrogens is 510 g/mol.